The Morgan fingerprint density at radius 1 is 1.11 bits per heavy atom. The number of rotatable bonds is 9. The summed E-state index contributed by atoms with van der Waals surface area (Å²) in [5, 5.41) is 3.33. The highest BCUT2D eigenvalue weighted by Crippen LogP contribution is 2.29. The molecule has 0 spiro atoms. The normalized spacial score (nSPS) is 17.6. The second kappa shape index (κ2) is 13.8. The van der Waals surface area contributed by atoms with Gasteiger partial charge in [-0.15, -0.1) is 0 Å². The van der Waals surface area contributed by atoms with Crippen LogP contribution in [0.2, 0.25) is 0 Å². The largest absolute Gasteiger partial charge is 0.351 e. The monoisotopic (exact) mass is 627 g/mol. The van der Waals surface area contributed by atoms with Gasteiger partial charge in [0.2, 0.25) is 16.0 Å². The Balaban J connectivity index is 1.65. The lowest BCUT2D eigenvalue weighted by atomic mass is 9.90. The predicted octanol–water partition coefficient (Wildman–Crippen LogP) is 5.17. The van der Waals surface area contributed by atoms with E-state index in [4.69, 9.17) is 0 Å². The first-order valence-corrected chi connectivity index (χ1v) is 16.1. The molecular formula is C31H39F2N7O3S. The zero-order valence-electron chi connectivity index (χ0n) is 25.6. The lowest BCUT2D eigenvalue weighted by Gasteiger charge is -2.33. The third kappa shape index (κ3) is 7.75. The number of benzene rings is 2. The smallest absolute Gasteiger partial charge is 0.278 e. The van der Waals surface area contributed by atoms with Gasteiger partial charge in [-0.25, -0.2) is 27.2 Å². The number of halogens is 2. The van der Waals surface area contributed by atoms with Crippen molar-refractivity contribution in [2.75, 3.05) is 18.8 Å². The van der Waals surface area contributed by atoms with E-state index in [1.807, 2.05) is 4.72 Å². The van der Waals surface area contributed by atoms with E-state index < -0.39 is 38.7 Å². The van der Waals surface area contributed by atoms with Crippen molar-refractivity contribution < 1.29 is 17.2 Å². The highest BCUT2D eigenvalue weighted by atomic mass is 32.2. The van der Waals surface area contributed by atoms with Gasteiger partial charge >= 0.3 is 0 Å². The van der Waals surface area contributed by atoms with E-state index in [1.165, 1.54) is 4.57 Å². The average molecular weight is 628 g/mol. The van der Waals surface area contributed by atoms with Crippen LogP contribution in [0.15, 0.2) is 57.2 Å². The van der Waals surface area contributed by atoms with Crippen LogP contribution in [0.4, 0.5) is 20.3 Å². The van der Waals surface area contributed by atoms with Crippen LogP contribution < -0.4 is 15.6 Å². The number of sulfonamides is 1. The molecule has 1 aromatic heterocycles. The van der Waals surface area contributed by atoms with Crippen LogP contribution in [0.5, 0.6) is 0 Å². The molecule has 0 aliphatic heterocycles. The molecule has 1 saturated carbocycles. The summed E-state index contributed by atoms with van der Waals surface area (Å²) in [5.41, 5.74) is -0.997. The first-order valence-electron chi connectivity index (χ1n) is 14.4. The predicted molar refractivity (Wildman–Crippen MR) is 171 cm³/mol. The van der Waals surface area contributed by atoms with Crippen LogP contribution in [-0.2, 0) is 15.8 Å². The molecule has 236 valence electrons. The maximum absolute atomic E-state index is 15.2. The third-order valence-corrected chi connectivity index (χ3v) is 8.89. The van der Waals surface area contributed by atoms with Gasteiger partial charge in [-0.3, -0.25) is 14.1 Å². The molecule has 0 saturated heterocycles. The Bertz CT molecular complexity index is 1680. The number of guanidine groups is 1. The molecule has 44 heavy (non-hydrogen) atoms. The van der Waals surface area contributed by atoms with Crippen LogP contribution in [0.3, 0.4) is 0 Å². The van der Waals surface area contributed by atoms with Gasteiger partial charge < -0.3 is 10.2 Å². The SMILES string of the molecule is C=N/C(=N\c1c(C)nc(-c2cc(F)c(NS(=O)(=O)Cc3ccccc3)c(F)c2)c(=O)n1C(C)C)N[C@H]1CC[C@H](N(C)C)CC1. The molecule has 0 atom stereocenters. The summed E-state index contributed by atoms with van der Waals surface area (Å²) in [6.45, 7) is 8.85. The van der Waals surface area contributed by atoms with E-state index in [9.17, 15) is 13.2 Å². The minimum atomic E-state index is -4.13. The fourth-order valence-electron chi connectivity index (χ4n) is 5.38. The number of nitrogens with zero attached hydrogens (tertiary/aromatic N) is 5. The highest BCUT2D eigenvalue weighted by Gasteiger charge is 2.25. The average Bonchev–Trinajstić information content (AvgIpc) is 2.96. The molecule has 1 heterocycles. The Morgan fingerprint density at radius 3 is 2.27 bits per heavy atom. The van der Waals surface area contributed by atoms with Crippen LogP contribution in [0, 0.1) is 18.6 Å². The highest BCUT2D eigenvalue weighted by molar-refractivity contribution is 7.91. The standard InChI is InChI=1S/C31H39F2N7O3S/c1-19(2)40-29(37-31(34-4)36-23-12-14-24(15-13-23)39(5)6)20(3)35-27(30(40)41)22-16-25(32)28(26(33)17-22)38-44(42,43)18-21-10-8-7-9-11-21/h7-11,16-17,19,23-24,38H,4,12-15,18H2,1-3,5-6H3,(H,36,37)/t23-,24-. The lowest BCUT2D eigenvalue weighted by molar-refractivity contribution is 0.211. The Labute approximate surface area is 257 Å². The molecule has 4 rings (SSSR count). The topological polar surface area (TPSA) is 121 Å². The second-order valence-electron chi connectivity index (χ2n) is 11.5. The van der Waals surface area contributed by atoms with Crippen molar-refractivity contribution in [3.05, 3.63) is 75.7 Å². The molecule has 0 bridgehead atoms. The summed E-state index contributed by atoms with van der Waals surface area (Å²) in [6.07, 6.45) is 3.92. The first-order chi connectivity index (χ1) is 20.8. The third-order valence-electron chi connectivity index (χ3n) is 7.66. The van der Waals surface area contributed by atoms with E-state index in [1.54, 1.807) is 51.1 Å². The number of aryl methyl sites for hydroxylation is 1. The fraction of sp³-hybridized carbons (Fsp3) is 0.419. The molecule has 0 unspecified atom stereocenters. The molecule has 10 nitrogen and oxygen atoms in total. The van der Waals surface area contributed by atoms with E-state index >= 15 is 8.78 Å². The van der Waals surface area contributed by atoms with Gasteiger partial charge in [0, 0.05) is 23.7 Å². The van der Waals surface area contributed by atoms with Crippen LogP contribution >= 0.6 is 0 Å². The number of nitrogens with one attached hydrogen (secondary N) is 2. The summed E-state index contributed by atoms with van der Waals surface area (Å²) in [4.78, 5) is 29.0. The van der Waals surface area contributed by atoms with Gasteiger partial charge in [0.05, 0.1) is 11.4 Å². The summed E-state index contributed by atoms with van der Waals surface area (Å²) in [6, 6.07) is 10.3. The number of hydrogen-bond acceptors (Lipinski definition) is 6. The van der Waals surface area contributed by atoms with Crippen LogP contribution in [0.25, 0.3) is 11.3 Å². The maximum atomic E-state index is 15.2. The van der Waals surface area contributed by atoms with Crippen molar-refractivity contribution in [1.29, 1.82) is 0 Å². The van der Waals surface area contributed by atoms with Crippen molar-refractivity contribution in [3.8, 4) is 11.3 Å². The first kappa shape index (κ1) is 32.9. The number of hydrogen-bond donors (Lipinski definition) is 2. The van der Waals surface area contributed by atoms with Gasteiger partial charge in [-0.1, -0.05) is 30.3 Å². The molecule has 0 amide bonds. The molecule has 1 aliphatic rings. The van der Waals surface area contributed by atoms with Crippen LogP contribution in [-0.4, -0.2) is 61.7 Å². The van der Waals surface area contributed by atoms with Gasteiger partial charge in [0.25, 0.3) is 5.56 Å². The molecule has 13 heteroatoms. The summed E-state index contributed by atoms with van der Waals surface area (Å²) >= 11 is 0. The molecular weight excluding hydrogens is 588 g/mol. The fourth-order valence-corrected chi connectivity index (χ4v) is 6.59. The van der Waals surface area contributed by atoms with Gasteiger partial charge in [-0.2, -0.15) is 4.99 Å². The number of aromatic nitrogens is 2. The zero-order valence-corrected chi connectivity index (χ0v) is 26.5. The Kier molecular flexibility index (Phi) is 10.3. The lowest BCUT2D eigenvalue weighted by Crippen LogP contribution is -2.41. The Hall–Kier alpha value is -3.97. The van der Waals surface area contributed by atoms with Gasteiger partial charge in [-0.05, 0) is 85.0 Å². The minimum Gasteiger partial charge on any atom is -0.351 e. The van der Waals surface area contributed by atoms with E-state index in [2.05, 4.69) is 46.0 Å². The molecule has 2 N–H and O–H groups in total. The van der Waals surface area contributed by atoms with E-state index in [-0.39, 0.29) is 35.1 Å². The van der Waals surface area contributed by atoms with E-state index in [0.717, 1.165) is 37.8 Å². The van der Waals surface area contributed by atoms with Gasteiger partial charge in [0.1, 0.15) is 11.4 Å². The number of anilines is 1. The van der Waals surface area contributed by atoms with Crippen molar-refractivity contribution in [2.24, 2.45) is 9.98 Å². The summed E-state index contributed by atoms with van der Waals surface area (Å²) in [5.74, 6) is -2.32. The summed E-state index contributed by atoms with van der Waals surface area (Å²) < 4.78 is 59.0. The van der Waals surface area contributed by atoms with E-state index in [0.29, 0.717) is 17.3 Å². The quantitative estimate of drug-likeness (QED) is 0.250. The van der Waals surface area contributed by atoms with Gasteiger partial charge in [0.15, 0.2) is 17.5 Å². The molecule has 0 radical (unpaired) electrons. The van der Waals surface area contributed by atoms with Crippen molar-refractivity contribution in [2.45, 2.75) is 70.3 Å². The van der Waals surface area contributed by atoms with Crippen molar-refractivity contribution >= 4 is 34.2 Å². The maximum Gasteiger partial charge on any atom is 0.278 e. The molecule has 1 fully saturated rings. The Morgan fingerprint density at radius 2 is 1.73 bits per heavy atom. The van der Waals surface area contributed by atoms with Crippen LogP contribution in [0.1, 0.15) is 56.8 Å². The molecule has 2 aromatic carbocycles. The summed E-state index contributed by atoms with van der Waals surface area (Å²) in [7, 11) is 0.0240. The number of aliphatic imine (C=N–C) groups is 2. The molecule has 1 aliphatic carbocycles. The second-order valence-corrected chi connectivity index (χ2v) is 13.2. The molecule has 3 aromatic rings. The van der Waals surface area contributed by atoms with Crippen molar-refractivity contribution in [3.63, 3.8) is 0 Å². The zero-order chi connectivity index (χ0) is 32.2. The minimum absolute atomic E-state index is 0.137. The van der Waals surface area contributed by atoms with Crippen molar-refractivity contribution in [1.82, 2.24) is 19.8 Å².